The molecule has 0 aliphatic carbocycles. The molecule has 0 N–H and O–H groups in total. The van der Waals surface area contributed by atoms with Crippen LogP contribution in [0.25, 0.3) is 0 Å². The van der Waals surface area contributed by atoms with Gasteiger partial charge in [0.1, 0.15) is 0 Å². The van der Waals surface area contributed by atoms with Crippen LogP contribution in [0.4, 0.5) is 8.78 Å². The van der Waals surface area contributed by atoms with Crippen LogP contribution in [0, 0.1) is 6.92 Å². The molecule has 1 rings (SSSR count). The van der Waals surface area contributed by atoms with Gasteiger partial charge in [-0.25, -0.2) is 0 Å². The average molecular weight is 185 g/mol. The second-order valence-corrected chi connectivity index (χ2v) is 3.58. The molecule has 0 fully saturated rings. The minimum absolute atomic E-state index is 0.361. The van der Waals surface area contributed by atoms with Gasteiger partial charge in [0.15, 0.2) is 0 Å². The highest BCUT2D eigenvalue weighted by atomic mass is 35.5. The van der Waals surface area contributed by atoms with Crippen LogP contribution >= 0.6 is 23.4 Å². The van der Waals surface area contributed by atoms with E-state index in [0.717, 1.165) is 16.7 Å². The zero-order valence-corrected chi connectivity index (χ0v) is 6.50. The number of nitrogens with zero attached hydrogens (tertiary/aromatic N) is 1. The van der Waals surface area contributed by atoms with E-state index in [2.05, 4.69) is 6.92 Å². The number of thioether (sulfide) groups is 1. The summed E-state index contributed by atoms with van der Waals surface area (Å²) in [6.45, 7) is 0.955. The minimum Gasteiger partial charge on any atom is -0.308 e. The predicted octanol–water partition coefficient (Wildman–Crippen LogP) is 2.46. The highest BCUT2D eigenvalue weighted by molar-refractivity contribution is 8.05. The van der Waals surface area contributed by atoms with Crippen molar-refractivity contribution in [2.24, 2.45) is 0 Å². The molecule has 0 amide bonds. The molecule has 0 spiro atoms. The number of alkyl halides is 2. The third-order valence-electron chi connectivity index (χ3n) is 1.06. The van der Waals surface area contributed by atoms with Crippen molar-refractivity contribution < 1.29 is 8.78 Å². The second-order valence-electron chi connectivity index (χ2n) is 1.73. The molecule has 1 unspecified atom stereocenters. The van der Waals surface area contributed by atoms with E-state index in [-0.39, 0.29) is 0 Å². The fourth-order valence-corrected chi connectivity index (χ4v) is 1.74. The molecule has 1 atom stereocenters. The van der Waals surface area contributed by atoms with E-state index >= 15 is 0 Å². The Labute approximate surface area is 67.0 Å². The van der Waals surface area contributed by atoms with Crippen LogP contribution in [0.15, 0.2) is 10.6 Å². The molecular formula is C5H5ClF2NS. The first-order valence-corrected chi connectivity index (χ1v) is 3.79. The molecule has 1 heterocycles. The van der Waals surface area contributed by atoms with Gasteiger partial charge in [-0.1, -0.05) is 23.4 Å². The third-order valence-corrected chi connectivity index (χ3v) is 2.27. The average Bonchev–Trinajstić information content (AvgIpc) is 2.10. The Hall–Kier alpha value is 0.0400. The number of rotatable bonds is 1. The summed E-state index contributed by atoms with van der Waals surface area (Å²) >= 11 is 6.57. The highest BCUT2D eigenvalue weighted by Gasteiger charge is 2.26. The number of hydrogen-bond donors (Lipinski definition) is 0. The lowest BCUT2D eigenvalue weighted by atomic mass is 10.6. The summed E-state index contributed by atoms with van der Waals surface area (Å²) in [5.41, 5.74) is 0. The van der Waals surface area contributed by atoms with Crippen LogP contribution in [-0.2, 0) is 0 Å². The van der Waals surface area contributed by atoms with Crippen LogP contribution in [0.3, 0.4) is 0 Å². The maximum atomic E-state index is 11.9. The molecule has 5 heteroatoms. The maximum Gasteiger partial charge on any atom is 0.315 e. The quantitative estimate of drug-likeness (QED) is 0.576. The Morgan fingerprint density at radius 2 is 2.40 bits per heavy atom. The Kier molecular flexibility index (Phi) is 2.41. The van der Waals surface area contributed by atoms with Crippen LogP contribution in [0.2, 0.25) is 0 Å². The van der Waals surface area contributed by atoms with Crippen molar-refractivity contribution in [1.82, 2.24) is 4.90 Å². The Balaban J connectivity index is 2.60. The Bertz CT molecular complexity index is 162. The molecule has 0 saturated heterocycles. The fraction of sp³-hybridized carbons (Fsp3) is 0.400. The molecule has 0 aromatic rings. The van der Waals surface area contributed by atoms with Gasteiger partial charge < -0.3 is 4.90 Å². The van der Waals surface area contributed by atoms with Gasteiger partial charge in [0.2, 0.25) is 0 Å². The molecule has 1 radical (unpaired) electrons. The van der Waals surface area contributed by atoms with Gasteiger partial charge in [-0.05, 0) is 6.92 Å². The first kappa shape index (κ1) is 8.14. The van der Waals surface area contributed by atoms with Gasteiger partial charge in [0.05, 0.1) is 9.74 Å². The van der Waals surface area contributed by atoms with Gasteiger partial charge in [-0.15, -0.1) is 0 Å². The van der Waals surface area contributed by atoms with E-state index in [9.17, 15) is 8.78 Å². The van der Waals surface area contributed by atoms with Gasteiger partial charge in [0, 0.05) is 6.20 Å². The van der Waals surface area contributed by atoms with Gasteiger partial charge in [-0.2, -0.15) is 8.78 Å². The zero-order valence-electron chi connectivity index (χ0n) is 4.93. The first-order chi connectivity index (χ1) is 4.61. The lowest BCUT2D eigenvalue weighted by Crippen LogP contribution is -2.26. The molecule has 1 aliphatic rings. The Morgan fingerprint density at radius 1 is 1.80 bits per heavy atom. The minimum atomic E-state index is -2.51. The van der Waals surface area contributed by atoms with Gasteiger partial charge >= 0.3 is 6.55 Å². The van der Waals surface area contributed by atoms with Crippen molar-refractivity contribution >= 4 is 23.4 Å². The van der Waals surface area contributed by atoms with Crippen LogP contribution in [0.1, 0.15) is 0 Å². The van der Waals surface area contributed by atoms with E-state index in [0.29, 0.717) is 4.36 Å². The third kappa shape index (κ3) is 1.55. The molecule has 0 aromatic heterocycles. The molecule has 1 nitrogen and oxygen atoms in total. The maximum absolute atomic E-state index is 11.9. The van der Waals surface area contributed by atoms with E-state index in [1.807, 2.05) is 0 Å². The lowest BCUT2D eigenvalue weighted by Gasteiger charge is -2.18. The highest BCUT2D eigenvalue weighted by Crippen LogP contribution is 2.36. The predicted molar refractivity (Wildman–Crippen MR) is 38.5 cm³/mol. The summed E-state index contributed by atoms with van der Waals surface area (Å²) in [7, 11) is 0. The van der Waals surface area contributed by atoms with Crippen LogP contribution in [0.5, 0.6) is 0 Å². The molecule has 57 valence electrons. The summed E-state index contributed by atoms with van der Waals surface area (Å²) in [6, 6.07) is 0. The summed E-state index contributed by atoms with van der Waals surface area (Å²) in [6.07, 6.45) is 1.20. The Morgan fingerprint density at radius 3 is 2.60 bits per heavy atom. The lowest BCUT2D eigenvalue weighted by molar-refractivity contribution is 0.00826. The normalized spacial score (nSPS) is 25.9. The standard InChI is InChI=1S/C5H5ClF2NS/c1-3-9(5(7)8)2-4(6)10-3/h2-3,5H,1H2. The van der Waals surface area contributed by atoms with Crippen molar-refractivity contribution in [3.8, 4) is 0 Å². The molecule has 10 heavy (non-hydrogen) atoms. The van der Waals surface area contributed by atoms with Crippen molar-refractivity contribution in [3.05, 3.63) is 17.5 Å². The smallest absolute Gasteiger partial charge is 0.308 e. The molecule has 0 saturated carbocycles. The van der Waals surface area contributed by atoms with Crippen LogP contribution < -0.4 is 0 Å². The number of halogens is 3. The summed E-state index contributed by atoms with van der Waals surface area (Å²) in [4.78, 5) is 0.812. The van der Waals surface area contributed by atoms with Crippen molar-refractivity contribution in [1.29, 1.82) is 0 Å². The van der Waals surface area contributed by atoms with E-state index in [1.165, 1.54) is 6.20 Å². The topological polar surface area (TPSA) is 3.24 Å². The van der Waals surface area contributed by atoms with Gasteiger partial charge in [-0.3, -0.25) is 0 Å². The van der Waals surface area contributed by atoms with Crippen molar-refractivity contribution in [2.75, 3.05) is 0 Å². The van der Waals surface area contributed by atoms with E-state index in [1.54, 1.807) is 0 Å². The molecule has 0 aromatic carbocycles. The molecular weight excluding hydrogens is 180 g/mol. The summed E-state index contributed by atoms with van der Waals surface area (Å²) in [5, 5.41) is -0.493. The number of hydrogen-bond acceptors (Lipinski definition) is 2. The summed E-state index contributed by atoms with van der Waals surface area (Å²) < 4.78 is 24.2. The van der Waals surface area contributed by atoms with E-state index < -0.39 is 11.9 Å². The zero-order chi connectivity index (χ0) is 7.72. The first-order valence-electron chi connectivity index (χ1n) is 2.54. The molecule has 0 bridgehead atoms. The van der Waals surface area contributed by atoms with E-state index in [4.69, 9.17) is 11.6 Å². The van der Waals surface area contributed by atoms with Gasteiger partial charge in [0.25, 0.3) is 0 Å². The monoisotopic (exact) mass is 184 g/mol. The second kappa shape index (κ2) is 2.96. The van der Waals surface area contributed by atoms with Crippen molar-refractivity contribution in [2.45, 2.75) is 11.9 Å². The van der Waals surface area contributed by atoms with Crippen LogP contribution in [-0.4, -0.2) is 16.8 Å². The summed E-state index contributed by atoms with van der Waals surface area (Å²) in [5.74, 6) is 0. The largest absolute Gasteiger partial charge is 0.315 e. The van der Waals surface area contributed by atoms with Crippen molar-refractivity contribution in [3.63, 3.8) is 0 Å². The molecule has 1 aliphatic heterocycles. The SMILES string of the molecule is [CH2]C1SC(Cl)=CN1C(F)F. The fourth-order valence-electron chi connectivity index (χ4n) is 0.604.